The van der Waals surface area contributed by atoms with Crippen LogP contribution in [0.15, 0.2) is 52.9 Å². The van der Waals surface area contributed by atoms with Crippen LogP contribution in [-0.2, 0) is 12.8 Å². The van der Waals surface area contributed by atoms with Crippen LogP contribution < -0.4 is 10.6 Å². The van der Waals surface area contributed by atoms with E-state index in [1.54, 1.807) is 12.4 Å². The van der Waals surface area contributed by atoms with Crippen LogP contribution in [-0.4, -0.2) is 33.0 Å². The molecular weight excluding hydrogens is 404 g/mol. The number of halogens is 1. The lowest BCUT2D eigenvalue weighted by molar-refractivity contribution is 0.231. The molecule has 0 radical (unpaired) electrons. The van der Waals surface area contributed by atoms with E-state index < -0.39 is 0 Å². The highest BCUT2D eigenvalue weighted by Gasteiger charge is 2.40. The molecule has 0 unspecified atom stereocenters. The molecule has 1 spiro atoms. The Bertz CT molecular complexity index is 1010. The van der Waals surface area contributed by atoms with Crippen molar-refractivity contribution in [3.05, 3.63) is 59.3 Å². The third-order valence-electron chi connectivity index (χ3n) is 5.95. The molecule has 3 aromatic rings. The maximum absolute atomic E-state index is 6.22. The van der Waals surface area contributed by atoms with Crippen LogP contribution in [0.3, 0.4) is 0 Å². The van der Waals surface area contributed by atoms with E-state index in [9.17, 15) is 0 Å². The van der Waals surface area contributed by atoms with Crippen LogP contribution in [0.5, 0.6) is 0 Å². The minimum atomic E-state index is 0.327. The Hall–Kier alpha value is -2.38. The van der Waals surface area contributed by atoms with Gasteiger partial charge >= 0.3 is 0 Å². The van der Waals surface area contributed by atoms with Crippen LogP contribution in [0.2, 0.25) is 5.02 Å². The SMILES string of the molecule is Nc1nccc(Sc2cnc(N3CCC4(CC3)Cc3cccnc3C4)cn2)c1Cl. The molecule has 8 heteroatoms. The summed E-state index contributed by atoms with van der Waals surface area (Å²) < 4.78 is 0. The van der Waals surface area contributed by atoms with Gasteiger partial charge in [-0.2, -0.15) is 0 Å². The Morgan fingerprint density at radius 1 is 1.00 bits per heavy atom. The standard InChI is InChI=1S/C21H21ClN6S/c22-19-16(3-7-25-20(19)23)29-18-13-26-17(12-27-18)28-8-4-21(5-9-28)10-14-2-1-6-24-15(14)11-21/h1-3,6-7,12-13H,4-5,8-11H2,(H2,23,25). The van der Waals surface area contributed by atoms with Crippen LogP contribution in [0.25, 0.3) is 0 Å². The number of piperidine rings is 1. The molecule has 4 heterocycles. The van der Waals surface area contributed by atoms with Crippen molar-refractivity contribution < 1.29 is 0 Å². The second-order valence-corrected chi connectivity index (χ2v) is 9.21. The van der Waals surface area contributed by atoms with Gasteiger partial charge in [-0.25, -0.2) is 15.0 Å². The molecule has 0 aromatic carbocycles. The highest BCUT2D eigenvalue weighted by atomic mass is 35.5. The number of pyridine rings is 2. The molecule has 1 saturated heterocycles. The van der Waals surface area contributed by atoms with Crippen molar-refractivity contribution in [2.75, 3.05) is 23.7 Å². The second kappa shape index (κ2) is 7.46. The number of nitrogens with zero attached hydrogens (tertiary/aromatic N) is 5. The van der Waals surface area contributed by atoms with Gasteiger partial charge in [0.1, 0.15) is 16.7 Å². The average Bonchev–Trinajstić information content (AvgIpc) is 3.10. The fraction of sp³-hybridized carbons (Fsp3) is 0.333. The Morgan fingerprint density at radius 3 is 2.62 bits per heavy atom. The third-order valence-corrected chi connectivity index (χ3v) is 7.44. The van der Waals surface area contributed by atoms with E-state index in [4.69, 9.17) is 17.3 Å². The van der Waals surface area contributed by atoms with Crippen molar-refractivity contribution in [2.45, 2.75) is 35.6 Å². The van der Waals surface area contributed by atoms with Gasteiger partial charge in [-0.05, 0) is 48.8 Å². The minimum Gasteiger partial charge on any atom is -0.382 e. The summed E-state index contributed by atoms with van der Waals surface area (Å²) in [7, 11) is 0. The average molecular weight is 425 g/mol. The molecule has 2 aliphatic rings. The predicted octanol–water partition coefficient (Wildman–Crippen LogP) is 4.04. The first kappa shape index (κ1) is 18.6. The molecule has 0 saturated carbocycles. The number of fused-ring (bicyclic) bond motifs is 1. The lowest BCUT2D eigenvalue weighted by Crippen LogP contribution is -2.41. The van der Waals surface area contributed by atoms with Gasteiger partial charge in [0.25, 0.3) is 0 Å². The Labute approximate surface area is 178 Å². The molecule has 1 aliphatic heterocycles. The Balaban J connectivity index is 1.24. The topological polar surface area (TPSA) is 80.8 Å². The monoisotopic (exact) mass is 424 g/mol. The van der Waals surface area contributed by atoms with Gasteiger partial charge in [0.15, 0.2) is 0 Å². The highest BCUT2D eigenvalue weighted by molar-refractivity contribution is 7.99. The van der Waals surface area contributed by atoms with Gasteiger partial charge in [-0.3, -0.25) is 4.98 Å². The van der Waals surface area contributed by atoms with Gasteiger partial charge in [-0.1, -0.05) is 29.4 Å². The third kappa shape index (κ3) is 3.65. The van der Waals surface area contributed by atoms with E-state index >= 15 is 0 Å². The first-order valence-electron chi connectivity index (χ1n) is 9.70. The van der Waals surface area contributed by atoms with Crippen LogP contribution in [0.4, 0.5) is 11.6 Å². The normalized spacial score (nSPS) is 17.5. The molecule has 0 bridgehead atoms. The summed E-state index contributed by atoms with van der Waals surface area (Å²) in [5, 5.41) is 1.24. The van der Waals surface area contributed by atoms with Crippen molar-refractivity contribution in [3.8, 4) is 0 Å². The van der Waals surface area contributed by atoms with E-state index in [0.717, 1.165) is 54.5 Å². The smallest absolute Gasteiger partial charge is 0.147 e. The molecule has 1 fully saturated rings. The van der Waals surface area contributed by atoms with E-state index in [1.807, 2.05) is 18.5 Å². The minimum absolute atomic E-state index is 0.327. The number of anilines is 2. The van der Waals surface area contributed by atoms with Gasteiger partial charge in [0, 0.05) is 36.1 Å². The number of aromatic nitrogens is 4. The number of nitrogens with two attached hydrogens (primary N) is 1. The number of nitrogen functional groups attached to an aromatic ring is 1. The molecule has 148 valence electrons. The van der Waals surface area contributed by atoms with Crippen molar-refractivity contribution >= 4 is 35.0 Å². The van der Waals surface area contributed by atoms with Crippen LogP contribution in [0.1, 0.15) is 24.1 Å². The maximum Gasteiger partial charge on any atom is 0.147 e. The second-order valence-electron chi connectivity index (χ2n) is 7.77. The molecule has 5 rings (SSSR count). The molecule has 0 amide bonds. The summed E-state index contributed by atoms with van der Waals surface area (Å²) in [6, 6.07) is 6.11. The molecule has 2 N–H and O–H groups in total. The lowest BCUT2D eigenvalue weighted by Gasteiger charge is -2.39. The fourth-order valence-corrected chi connectivity index (χ4v) is 5.32. The molecule has 6 nitrogen and oxygen atoms in total. The molecule has 1 aliphatic carbocycles. The van der Waals surface area contributed by atoms with Gasteiger partial charge in [0.05, 0.1) is 17.4 Å². The van der Waals surface area contributed by atoms with Crippen molar-refractivity contribution in [1.29, 1.82) is 0 Å². The Morgan fingerprint density at radius 2 is 1.86 bits per heavy atom. The quantitative estimate of drug-likeness (QED) is 0.679. The van der Waals surface area contributed by atoms with Crippen LogP contribution in [0, 0.1) is 5.41 Å². The summed E-state index contributed by atoms with van der Waals surface area (Å²) in [5.41, 5.74) is 8.86. The van der Waals surface area contributed by atoms with Crippen molar-refractivity contribution in [3.63, 3.8) is 0 Å². The number of hydrogen-bond donors (Lipinski definition) is 1. The highest BCUT2D eigenvalue weighted by Crippen LogP contribution is 2.44. The zero-order valence-electron chi connectivity index (χ0n) is 15.9. The van der Waals surface area contributed by atoms with E-state index in [0.29, 0.717) is 16.3 Å². The van der Waals surface area contributed by atoms with E-state index in [-0.39, 0.29) is 0 Å². The first-order valence-corrected chi connectivity index (χ1v) is 10.9. The van der Waals surface area contributed by atoms with Gasteiger partial charge in [0.2, 0.25) is 0 Å². The summed E-state index contributed by atoms with van der Waals surface area (Å²) in [6.45, 7) is 2.00. The lowest BCUT2D eigenvalue weighted by atomic mass is 9.76. The van der Waals surface area contributed by atoms with E-state index in [2.05, 4.69) is 37.0 Å². The summed E-state index contributed by atoms with van der Waals surface area (Å²) in [5.74, 6) is 1.26. The van der Waals surface area contributed by atoms with Gasteiger partial charge < -0.3 is 10.6 Å². The summed E-state index contributed by atoms with van der Waals surface area (Å²) >= 11 is 7.66. The van der Waals surface area contributed by atoms with Crippen LogP contribution >= 0.6 is 23.4 Å². The number of rotatable bonds is 3. The first-order chi connectivity index (χ1) is 14.1. The zero-order chi connectivity index (χ0) is 19.8. The summed E-state index contributed by atoms with van der Waals surface area (Å²) in [4.78, 5) is 20.9. The molecule has 29 heavy (non-hydrogen) atoms. The number of hydrogen-bond acceptors (Lipinski definition) is 7. The maximum atomic E-state index is 6.22. The van der Waals surface area contributed by atoms with Gasteiger partial charge in [-0.15, -0.1) is 0 Å². The van der Waals surface area contributed by atoms with Crippen molar-refractivity contribution in [2.24, 2.45) is 5.41 Å². The van der Waals surface area contributed by atoms with E-state index in [1.165, 1.54) is 23.0 Å². The largest absolute Gasteiger partial charge is 0.382 e. The van der Waals surface area contributed by atoms with Crippen molar-refractivity contribution in [1.82, 2.24) is 19.9 Å². The predicted molar refractivity (Wildman–Crippen MR) is 115 cm³/mol. The zero-order valence-corrected chi connectivity index (χ0v) is 17.5. The molecular formula is C21H21ClN6S. The Kier molecular flexibility index (Phi) is 4.80. The summed E-state index contributed by atoms with van der Waals surface area (Å²) in [6.07, 6.45) is 11.8. The molecule has 3 aromatic heterocycles. The fourth-order valence-electron chi connectivity index (χ4n) is 4.34. The molecule has 0 atom stereocenters.